The van der Waals surface area contributed by atoms with Crippen molar-refractivity contribution >= 4 is 23.4 Å². The SMILES string of the molecule is CN(Cc1ccccc1Cl)C(=O)C1CCN(C(=O)c2ccoc2)CC1. The van der Waals surface area contributed by atoms with Crippen LogP contribution in [0.1, 0.15) is 28.8 Å². The lowest BCUT2D eigenvalue weighted by Crippen LogP contribution is -2.43. The van der Waals surface area contributed by atoms with E-state index in [1.165, 1.54) is 12.5 Å². The van der Waals surface area contributed by atoms with Crippen LogP contribution in [0, 0.1) is 5.92 Å². The van der Waals surface area contributed by atoms with Crippen molar-refractivity contribution < 1.29 is 14.0 Å². The molecule has 1 aliphatic rings. The first kappa shape index (κ1) is 17.5. The average molecular weight is 361 g/mol. The van der Waals surface area contributed by atoms with E-state index < -0.39 is 0 Å². The fourth-order valence-electron chi connectivity index (χ4n) is 3.17. The monoisotopic (exact) mass is 360 g/mol. The molecule has 0 unspecified atom stereocenters. The summed E-state index contributed by atoms with van der Waals surface area (Å²) < 4.78 is 4.96. The fourth-order valence-corrected chi connectivity index (χ4v) is 3.37. The Kier molecular flexibility index (Phi) is 5.43. The van der Waals surface area contributed by atoms with Gasteiger partial charge in [-0.3, -0.25) is 9.59 Å². The molecular formula is C19H21ClN2O3. The van der Waals surface area contributed by atoms with Crippen molar-refractivity contribution in [2.24, 2.45) is 5.92 Å². The summed E-state index contributed by atoms with van der Waals surface area (Å²) in [4.78, 5) is 28.5. The Labute approximate surface area is 152 Å². The molecule has 0 bridgehead atoms. The fraction of sp³-hybridized carbons (Fsp3) is 0.368. The molecule has 1 aromatic carbocycles. The van der Waals surface area contributed by atoms with Crippen LogP contribution in [0.5, 0.6) is 0 Å². The first-order valence-electron chi connectivity index (χ1n) is 8.36. The number of likely N-dealkylation sites (tertiary alicyclic amines) is 1. The quantitative estimate of drug-likeness (QED) is 0.839. The Morgan fingerprint density at radius 3 is 2.60 bits per heavy atom. The van der Waals surface area contributed by atoms with E-state index in [0.717, 1.165) is 5.56 Å². The van der Waals surface area contributed by atoms with Crippen LogP contribution in [-0.2, 0) is 11.3 Å². The van der Waals surface area contributed by atoms with Gasteiger partial charge in [-0.25, -0.2) is 0 Å². The van der Waals surface area contributed by atoms with Crippen molar-refractivity contribution in [3.05, 3.63) is 59.0 Å². The number of carbonyl (C=O) groups is 2. The molecule has 1 fully saturated rings. The van der Waals surface area contributed by atoms with E-state index in [4.69, 9.17) is 16.0 Å². The van der Waals surface area contributed by atoms with Gasteiger partial charge in [-0.05, 0) is 30.5 Å². The van der Waals surface area contributed by atoms with E-state index >= 15 is 0 Å². The number of furan rings is 1. The third-order valence-electron chi connectivity index (χ3n) is 4.64. The van der Waals surface area contributed by atoms with E-state index in [0.29, 0.717) is 43.1 Å². The van der Waals surface area contributed by atoms with Gasteiger partial charge in [0.05, 0.1) is 11.8 Å². The van der Waals surface area contributed by atoms with Gasteiger partial charge in [0.25, 0.3) is 5.91 Å². The van der Waals surface area contributed by atoms with Gasteiger partial charge in [0.2, 0.25) is 5.91 Å². The van der Waals surface area contributed by atoms with Crippen molar-refractivity contribution in [1.82, 2.24) is 9.80 Å². The van der Waals surface area contributed by atoms with E-state index in [1.807, 2.05) is 24.3 Å². The zero-order chi connectivity index (χ0) is 17.8. The van der Waals surface area contributed by atoms with E-state index in [-0.39, 0.29) is 17.7 Å². The first-order chi connectivity index (χ1) is 12.1. The molecule has 132 valence electrons. The number of nitrogens with zero attached hydrogens (tertiary/aromatic N) is 2. The van der Waals surface area contributed by atoms with Gasteiger partial charge in [0.15, 0.2) is 0 Å². The summed E-state index contributed by atoms with van der Waals surface area (Å²) in [5.41, 5.74) is 1.49. The molecule has 2 aromatic rings. The van der Waals surface area contributed by atoms with E-state index in [9.17, 15) is 9.59 Å². The highest BCUT2D eigenvalue weighted by molar-refractivity contribution is 6.31. The van der Waals surface area contributed by atoms with Crippen molar-refractivity contribution in [1.29, 1.82) is 0 Å². The van der Waals surface area contributed by atoms with Crippen LogP contribution in [0.4, 0.5) is 0 Å². The highest BCUT2D eigenvalue weighted by Crippen LogP contribution is 2.23. The molecule has 6 heteroatoms. The minimum Gasteiger partial charge on any atom is -0.472 e. The molecule has 0 saturated carbocycles. The summed E-state index contributed by atoms with van der Waals surface area (Å²) in [6.45, 7) is 1.66. The third kappa shape index (κ3) is 4.04. The molecule has 3 rings (SSSR count). The molecule has 2 amide bonds. The molecule has 25 heavy (non-hydrogen) atoms. The standard InChI is InChI=1S/C19H21ClN2O3/c1-21(12-15-4-2-3-5-17(15)20)18(23)14-6-9-22(10-7-14)19(24)16-8-11-25-13-16/h2-5,8,11,13-14H,6-7,9-10,12H2,1H3. The van der Waals surface area contributed by atoms with Gasteiger partial charge in [0, 0.05) is 37.6 Å². The summed E-state index contributed by atoms with van der Waals surface area (Å²) >= 11 is 6.17. The Balaban J connectivity index is 1.54. The number of benzene rings is 1. The molecule has 0 N–H and O–H groups in total. The molecular weight excluding hydrogens is 340 g/mol. The largest absolute Gasteiger partial charge is 0.472 e. The van der Waals surface area contributed by atoms with Crippen LogP contribution in [0.25, 0.3) is 0 Å². The lowest BCUT2D eigenvalue weighted by atomic mass is 9.95. The predicted molar refractivity (Wildman–Crippen MR) is 95.3 cm³/mol. The Bertz CT molecular complexity index is 737. The molecule has 1 saturated heterocycles. The Morgan fingerprint density at radius 2 is 1.96 bits per heavy atom. The molecule has 0 atom stereocenters. The average Bonchev–Trinajstić information content (AvgIpc) is 3.17. The molecule has 0 spiro atoms. The lowest BCUT2D eigenvalue weighted by Gasteiger charge is -2.33. The second-order valence-corrected chi connectivity index (χ2v) is 6.77. The molecule has 1 aromatic heterocycles. The smallest absolute Gasteiger partial charge is 0.257 e. The molecule has 0 aliphatic carbocycles. The summed E-state index contributed by atoms with van der Waals surface area (Å²) in [6, 6.07) is 9.21. The number of piperidine rings is 1. The Hall–Kier alpha value is -2.27. The second-order valence-electron chi connectivity index (χ2n) is 6.36. The number of rotatable bonds is 4. The van der Waals surface area contributed by atoms with Gasteiger partial charge in [0.1, 0.15) is 6.26 Å². The van der Waals surface area contributed by atoms with Crippen molar-refractivity contribution in [3.63, 3.8) is 0 Å². The van der Waals surface area contributed by atoms with Crippen molar-refractivity contribution in [2.45, 2.75) is 19.4 Å². The maximum atomic E-state index is 12.7. The molecule has 5 nitrogen and oxygen atoms in total. The summed E-state index contributed by atoms with van der Waals surface area (Å²) in [6.07, 6.45) is 4.30. The zero-order valence-corrected chi connectivity index (χ0v) is 14.9. The summed E-state index contributed by atoms with van der Waals surface area (Å²) in [7, 11) is 1.80. The van der Waals surface area contributed by atoms with Crippen LogP contribution in [0.2, 0.25) is 5.02 Å². The number of hydrogen-bond acceptors (Lipinski definition) is 3. The highest BCUT2D eigenvalue weighted by atomic mass is 35.5. The van der Waals surface area contributed by atoms with Crippen LogP contribution < -0.4 is 0 Å². The van der Waals surface area contributed by atoms with Gasteiger partial charge in [-0.15, -0.1) is 0 Å². The van der Waals surface area contributed by atoms with Crippen molar-refractivity contribution in [2.75, 3.05) is 20.1 Å². The minimum atomic E-state index is -0.0547. The minimum absolute atomic E-state index is 0.0379. The first-order valence-corrected chi connectivity index (χ1v) is 8.74. The van der Waals surface area contributed by atoms with Crippen LogP contribution in [0.15, 0.2) is 47.3 Å². The number of halogens is 1. The van der Waals surface area contributed by atoms with Gasteiger partial charge < -0.3 is 14.2 Å². The summed E-state index contributed by atoms with van der Waals surface area (Å²) in [5, 5.41) is 0.669. The Morgan fingerprint density at radius 1 is 1.24 bits per heavy atom. The number of carbonyl (C=O) groups excluding carboxylic acids is 2. The van der Waals surface area contributed by atoms with E-state index in [2.05, 4.69) is 0 Å². The van der Waals surface area contributed by atoms with Gasteiger partial charge in [-0.2, -0.15) is 0 Å². The normalized spacial score (nSPS) is 15.2. The predicted octanol–water partition coefficient (Wildman–Crippen LogP) is 3.44. The maximum Gasteiger partial charge on any atom is 0.257 e. The van der Waals surface area contributed by atoms with E-state index in [1.54, 1.807) is 22.9 Å². The van der Waals surface area contributed by atoms with Crippen molar-refractivity contribution in [3.8, 4) is 0 Å². The third-order valence-corrected chi connectivity index (χ3v) is 5.01. The molecule has 1 aliphatic heterocycles. The lowest BCUT2D eigenvalue weighted by molar-refractivity contribution is -0.136. The van der Waals surface area contributed by atoms with Crippen LogP contribution in [-0.4, -0.2) is 41.8 Å². The topological polar surface area (TPSA) is 53.8 Å². The number of hydrogen-bond donors (Lipinski definition) is 0. The van der Waals surface area contributed by atoms with Gasteiger partial charge in [-0.1, -0.05) is 29.8 Å². The number of amides is 2. The molecule has 0 radical (unpaired) electrons. The van der Waals surface area contributed by atoms with Gasteiger partial charge >= 0.3 is 0 Å². The van der Waals surface area contributed by atoms with Crippen LogP contribution in [0.3, 0.4) is 0 Å². The highest BCUT2D eigenvalue weighted by Gasteiger charge is 2.29. The molecule has 2 heterocycles. The van der Waals surface area contributed by atoms with Crippen LogP contribution >= 0.6 is 11.6 Å². The maximum absolute atomic E-state index is 12.7. The summed E-state index contributed by atoms with van der Waals surface area (Å²) in [5.74, 6) is 0.0142. The second kappa shape index (κ2) is 7.74. The zero-order valence-electron chi connectivity index (χ0n) is 14.2.